The molecule has 3 aromatic rings. The van der Waals surface area contributed by atoms with Gasteiger partial charge in [0.25, 0.3) is 11.6 Å². The van der Waals surface area contributed by atoms with Gasteiger partial charge < -0.3 is 0 Å². The van der Waals surface area contributed by atoms with Crippen molar-refractivity contribution in [2.75, 3.05) is 4.90 Å². The number of amidine groups is 1. The molecule has 1 aliphatic heterocycles. The quantitative estimate of drug-likeness (QED) is 0.306. The van der Waals surface area contributed by atoms with Crippen LogP contribution in [-0.2, 0) is 10.5 Å². The van der Waals surface area contributed by atoms with E-state index < -0.39 is 10.7 Å². The molecule has 0 aliphatic carbocycles. The van der Waals surface area contributed by atoms with E-state index in [2.05, 4.69) is 4.99 Å². The Bertz CT molecular complexity index is 1190. The van der Waals surface area contributed by atoms with Crippen LogP contribution in [0.3, 0.4) is 0 Å². The van der Waals surface area contributed by atoms with Gasteiger partial charge in [0.1, 0.15) is 11.5 Å². The standard InChI is InChI=1S/C23H16FN3O3S/c24-18-10-12-19(13-11-18)26-22(28)20(14-16-6-2-1-3-7-16)25-23(26)31-15-17-8-4-5-9-21(17)27(29)30/h1-14H,15H2/b20-14+. The number of hydrogen-bond acceptors (Lipinski definition) is 5. The smallest absolute Gasteiger partial charge is 0.266 e. The third-order valence-corrected chi connectivity index (χ3v) is 5.55. The maximum atomic E-state index is 13.4. The van der Waals surface area contributed by atoms with Gasteiger partial charge in [0.15, 0.2) is 5.17 Å². The van der Waals surface area contributed by atoms with Gasteiger partial charge in [0, 0.05) is 17.4 Å². The highest BCUT2D eigenvalue weighted by molar-refractivity contribution is 8.13. The lowest BCUT2D eigenvalue weighted by atomic mass is 10.2. The Balaban J connectivity index is 1.68. The van der Waals surface area contributed by atoms with Crippen molar-refractivity contribution in [1.82, 2.24) is 0 Å². The number of para-hydroxylation sites is 1. The largest absolute Gasteiger partial charge is 0.283 e. The Hall–Kier alpha value is -3.78. The van der Waals surface area contributed by atoms with Gasteiger partial charge in [0.05, 0.1) is 10.6 Å². The van der Waals surface area contributed by atoms with E-state index >= 15 is 0 Å². The molecule has 0 spiro atoms. The lowest BCUT2D eigenvalue weighted by Gasteiger charge is -2.17. The first-order chi connectivity index (χ1) is 15.0. The van der Waals surface area contributed by atoms with Gasteiger partial charge in [-0.15, -0.1) is 0 Å². The minimum absolute atomic E-state index is 0.00769. The van der Waals surface area contributed by atoms with Crippen LogP contribution < -0.4 is 4.90 Å². The Morgan fingerprint density at radius 3 is 2.39 bits per heavy atom. The molecule has 31 heavy (non-hydrogen) atoms. The average molecular weight is 433 g/mol. The van der Waals surface area contributed by atoms with Crippen molar-refractivity contribution in [2.24, 2.45) is 4.99 Å². The number of nitro benzene ring substituents is 1. The summed E-state index contributed by atoms with van der Waals surface area (Å²) in [5.74, 6) is -0.512. The summed E-state index contributed by atoms with van der Waals surface area (Å²) < 4.78 is 13.4. The summed E-state index contributed by atoms with van der Waals surface area (Å²) in [7, 11) is 0. The van der Waals surface area contributed by atoms with Crippen molar-refractivity contribution in [1.29, 1.82) is 0 Å². The van der Waals surface area contributed by atoms with E-state index in [-0.39, 0.29) is 23.0 Å². The second kappa shape index (κ2) is 8.93. The highest BCUT2D eigenvalue weighted by Gasteiger charge is 2.32. The first-order valence-corrected chi connectivity index (χ1v) is 10.3. The first kappa shape index (κ1) is 20.5. The summed E-state index contributed by atoms with van der Waals surface area (Å²) in [5, 5.41) is 11.7. The molecule has 1 heterocycles. The number of amides is 1. The first-order valence-electron chi connectivity index (χ1n) is 9.33. The summed E-state index contributed by atoms with van der Waals surface area (Å²) in [6.07, 6.45) is 1.68. The maximum Gasteiger partial charge on any atom is 0.283 e. The van der Waals surface area contributed by atoms with E-state index in [1.54, 1.807) is 24.3 Å². The molecule has 0 N–H and O–H groups in total. The molecular weight excluding hydrogens is 417 g/mol. The molecule has 1 aliphatic rings. The second-order valence-electron chi connectivity index (χ2n) is 6.63. The van der Waals surface area contributed by atoms with Gasteiger partial charge in [-0.2, -0.15) is 0 Å². The fraction of sp³-hybridized carbons (Fsp3) is 0.0435. The van der Waals surface area contributed by atoms with Crippen LogP contribution in [0, 0.1) is 15.9 Å². The van der Waals surface area contributed by atoms with Gasteiger partial charge in [-0.3, -0.25) is 19.8 Å². The van der Waals surface area contributed by atoms with Crippen LogP contribution in [0.2, 0.25) is 0 Å². The highest BCUT2D eigenvalue weighted by Crippen LogP contribution is 2.32. The lowest BCUT2D eigenvalue weighted by molar-refractivity contribution is -0.385. The minimum Gasteiger partial charge on any atom is -0.266 e. The number of halogens is 1. The number of aliphatic imine (C=N–C) groups is 1. The third kappa shape index (κ3) is 4.54. The number of nitro groups is 1. The Kier molecular flexibility index (Phi) is 5.90. The Morgan fingerprint density at radius 2 is 1.68 bits per heavy atom. The lowest BCUT2D eigenvalue weighted by Crippen LogP contribution is -2.30. The second-order valence-corrected chi connectivity index (χ2v) is 7.57. The highest BCUT2D eigenvalue weighted by atomic mass is 32.2. The molecular formula is C23H16FN3O3S. The van der Waals surface area contributed by atoms with E-state index in [0.717, 1.165) is 5.56 Å². The molecule has 0 saturated heterocycles. The fourth-order valence-corrected chi connectivity index (χ4v) is 4.08. The molecule has 0 saturated carbocycles. The van der Waals surface area contributed by atoms with Gasteiger partial charge in [0.2, 0.25) is 0 Å². The molecule has 4 rings (SSSR count). The summed E-state index contributed by atoms with van der Waals surface area (Å²) in [6.45, 7) is 0. The van der Waals surface area contributed by atoms with Crippen molar-refractivity contribution in [2.45, 2.75) is 5.75 Å². The number of hydrogen-bond donors (Lipinski definition) is 0. The number of rotatable bonds is 5. The number of benzene rings is 3. The molecule has 0 atom stereocenters. The van der Waals surface area contributed by atoms with E-state index in [0.29, 0.717) is 16.4 Å². The summed E-state index contributed by atoms with van der Waals surface area (Å²) in [6, 6.07) is 21.3. The van der Waals surface area contributed by atoms with Crippen LogP contribution in [0.25, 0.3) is 6.08 Å². The molecule has 6 nitrogen and oxygen atoms in total. The van der Waals surface area contributed by atoms with Gasteiger partial charge >= 0.3 is 0 Å². The normalized spacial score (nSPS) is 14.7. The van der Waals surface area contributed by atoms with Crippen molar-refractivity contribution in [3.05, 3.63) is 112 Å². The number of thioether (sulfide) groups is 1. The predicted octanol–water partition coefficient (Wildman–Crippen LogP) is 5.41. The van der Waals surface area contributed by atoms with Crippen molar-refractivity contribution in [3.63, 3.8) is 0 Å². The van der Waals surface area contributed by atoms with Crippen molar-refractivity contribution < 1.29 is 14.1 Å². The molecule has 1 amide bonds. The van der Waals surface area contributed by atoms with Crippen LogP contribution in [0.1, 0.15) is 11.1 Å². The molecule has 0 aromatic heterocycles. The summed E-state index contributed by atoms with van der Waals surface area (Å²) >= 11 is 1.21. The number of carbonyl (C=O) groups excluding carboxylic acids is 1. The monoisotopic (exact) mass is 433 g/mol. The van der Waals surface area contributed by atoms with Crippen molar-refractivity contribution >= 4 is 40.3 Å². The zero-order valence-corrected chi connectivity index (χ0v) is 17.0. The van der Waals surface area contributed by atoms with E-state index in [4.69, 9.17) is 0 Å². The number of carbonyl (C=O) groups is 1. The minimum atomic E-state index is -0.435. The molecule has 0 radical (unpaired) electrons. The number of nitrogens with zero attached hydrogens (tertiary/aromatic N) is 3. The Labute approximate surface area is 181 Å². The van der Waals surface area contributed by atoms with E-state index in [1.165, 1.54) is 47.0 Å². The van der Waals surface area contributed by atoms with Crippen molar-refractivity contribution in [3.8, 4) is 0 Å². The molecule has 0 bridgehead atoms. The van der Waals surface area contributed by atoms with Crippen LogP contribution >= 0.6 is 11.8 Å². The van der Waals surface area contributed by atoms with E-state index in [1.807, 2.05) is 30.3 Å². The van der Waals surface area contributed by atoms with Crippen LogP contribution in [0.5, 0.6) is 0 Å². The maximum absolute atomic E-state index is 13.4. The third-order valence-electron chi connectivity index (χ3n) is 4.56. The van der Waals surface area contributed by atoms with Gasteiger partial charge in [-0.05, 0) is 35.9 Å². The summed E-state index contributed by atoms with van der Waals surface area (Å²) in [5.41, 5.74) is 2.05. The topological polar surface area (TPSA) is 75.8 Å². The SMILES string of the molecule is O=C1/C(=C\c2ccccc2)N=C(SCc2ccccc2[N+](=O)[O-])N1c1ccc(F)cc1. The molecule has 0 fully saturated rings. The Morgan fingerprint density at radius 1 is 1.00 bits per heavy atom. The molecule has 8 heteroatoms. The van der Waals surface area contributed by atoms with Crippen LogP contribution in [-0.4, -0.2) is 16.0 Å². The van der Waals surface area contributed by atoms with Crippen LogP contribution in [0.15, 0.2) is 89.6 Å². The molecule has 0 unspecified atom stereocenters. The zero-order valence-electron chi connectivity index (χ0n) is 16.1. The van der Waals surface area contributed by atoms with E-state index in [9.17, 15) is 19.3 Å². The number of anilines is 1. The molecule has 3 aromatic carbocycles. The van der Waals surface area contributed by atoms with Crippen LogP contribution in [0.4, 0.5) is 15.8 Å². The predicted molar refractivity (Wildman–Crippen MR) is 120 cm³/mol. The summed E-state index contributed by atoms with van der Waals surface area (Å²) in [4.78, 5) is 29.9. The fourth-order valence-electron chi connectivity index (χ4n) is 3.07. The van der Waals surface area contributed by atoms with Gasteiger partial charge in [-0.25, -0.2) is 9.38 Å². The zero-order chi connectivity index (χ0) is 21.8. The molecule has 154 valence electrons. The average Bonchev–Trinajstić information content (AvgIpc) is 3.08. The van der Waals surface area contributed by atoms with Gasteiger partial charge in [-0.1, -0.05) is 60.3 Å².